The van der Waals surface area contributed by atoms with Crippen molar-refractivity contribution >= 4 is 21.5 Å². The zero-order chi connectivity index (χ0) is 15.5. The van der Waals surface area contributed by atoms with E-state index < -0.39 is 10.0 Å². The molecule has 0 saturated carbocycles. The van der Waals surface area contributed by atoms with E-state index in [4.69, 9.17) is 15.9 Å². The summed E-state index contributed by atoms with van der Waals surface area (Å²) in [4.78, 5) is 0.122. The van der Waals surface area contributed by atoms with E-state index in [0.29, 0.717) is 17.0 Å². The SMILES string of the molecule is COc1ccc(S(=O)(=O)Nc2cccc(C(=N)N)c2)cc1. The average molecular weight is 305 g/mol. The lowest BCUT2D eigenvalue weighted by Gasteiger charge is -2.09. The third-order valence-corrected chi connectivity index (χ3v) is 4.19. The molecule has 0 saturated heterocycles. The van der Waals surface area contributed by atoms with Crippen molar-refractivity contribution in [3.63, 3.8) is 0 Å². The molecule has 0 amide bonds. The molecule has 0 radical (unpaired) electrons. The predicted molar refractivity (Wildman–Crippen MR) is 81.3 cm³/mol. The Morgan fingerprint density at radius 1 is 1.19 bits per heavy atom. The maximum Gasteiger partial charge on any atom is 0.261 e. The lowest BCUT2D eigenvalue weighted by molar-refractivity contribution is 0.414. The number of rotatable bonds is 5. The number of anilines is 1. The minimum absolute atomic E-state index is 0.122. The van der Waals surface area contributed by atoms with Gasteiger partial charge in [-0.15, -0.1) is 0 Å². The highest BCUT2D eigenvalue weighted by Gasteiger charge is 2.14. The summed E-state index contributed by atoms with van der Waals surface area (Å²) >= 11 is 0. The molecule has 2 aromatic carbocycles. The van der Waals surface area contributed by atoms with Gasteiger partial charge < -0.3 is 10.5 Å². The summed E-state index contributed by atoms with van der Waals surface area (Å²) < 4.78 is 31.9. The number of benzene rings is 2. The minimum atomic E-state index is -3.70. The third kappa shape index (κ3) is 3.51. The fourth-order valence-corrected chi connectivity index (χ4v) is 2.77. The van der Waals surface area contributed by atoms with Crippen LogP contribution in [-0.4, -0.2) is 21.4 Å². The van der Waals surface area contributed by atoms with E-state index in [-0.39, 0.29) is 10.7 Å². The van der Waals surface area contributed by atoms with Gasteiger partial charge in [0, 0.05) is 11.3 Å². The van der Waals surface area contributed by atoms with Crippen molar-refractivity contribution in [3.8, 4) is 5.75 Å². The third-order valence-electron chi connectivity index (χ3n) is 2.80. The van der Waals surface area contributed by atoms with Crippen LogP contribution in [0, 0.1) is 5.41 Å². The zero-order valence-electron chi connectivity index (χ0n) is 11.3. The van der Waals surface area contributed by atoms with Crippen LogP contribution in [-0.2, 0) is 10.0 Å². The maximum atomic E-state index is 12.2. The van der Waals surface area contributed by atoms with Gasteiger partial charge in [0.05, 0.1) is 12.0 Å². The second-order valence-electron chi connectivity index (χ2n) is 4.28. The summed E-state index contributed by atoms with van der Waals surface area (Å²) in [5, 5.41) is 7.36. The second kappa shape index (κ2) is 5.84. The Balaban J connectivity index is 2.28. The first kappa shape index (κ1) is 14.9. The van der Waals surface area contributed by atoms with Crippen LogP contribution in [0.4, 0.5) is 5.69 Å². The molecular weight excluding hydrogens is 290 g/mol. The van der Waals surface area contributed by atoms with Crippen LogP contribution in [0.1, 0.15) is 5.56 Å². The van der Waals surface area contributed by atoms with Crippen molar-refractivity contribution in [3.05, 3.63) is 54.1 Å². The van der Waals surface area contributed by atoms with Crippen molar-refractivity contribution in [1.29, 1.82) is 5.41 Å². The van der Waals surface area contributed by atoms with Crippen molar-refractivity contribution in [2.24, 2.45) is 5.73 Å². The van der Waals surface area contributed by atoms with Gasteiger partial charge in [0.1, 0.15) is 11.6 Å². The summed E-state index contributed by atoms with van der Waals surface area (Å²) in [6.45, 7) is 0. The summed E-state index contributed by atoms with van der Waals surface area (Å²) in [5.41, 5.74) is 6.18. The van der Waals surface area contributed by atoms with Crippen LogP contribution in [0.15, 0.2) is 53.4 Å². The molecule has 7 heteroatoms. The van der Waals surface area contributed by atoms with Gasteiger partial charge in [-0.2, -0.15) is 0 Å². The van der Waals surface area contributed by atoms with E-state index in [1.165, 1.54) is 25.3 Å². The maximum absolute atomic E-state index is 12.2. The highest BCUT2D eigenvalue weighted by molar-refractivity contribution is 7.92. The molecule has 4 N–H and O–H groups in total. The fraction of sp³-hybridized carbons (Fsp3) is 0.0714. The fourth-order valence-electron chi connectivity index (χ4n) is 1.72. The van der Waals surface area contributed by atoms with Gasteiger partial charge in [-0.05, 0) is 36.4 Å². The Bertz CT molecular complexity index is 755. The molecule has 2 rings (SSSR count). The van der Waals surface area contributed by atoms with E-state index in [1.54, 1.807) is 30.3 Å². The van der Waals surface area contributed by atoms with Crippen molar-refractivity contribution < 1.29 is 13.2 Å². The van der Waals surface area contributed by atoms with Gasteiger partial charge in [0.2, 0.25) is 0 Å². The smallest absolute Gasteiger partial charge is 0.261 e. The molecular formula is C14H15N3O3S. The van der Waals surface area contributed by atoms with E-state index >= 15 is 0 Å². The Morgan fingerprint density at radius 3 is 2.43 bits per heavy atom. The van der Waals surface area contributed by atoms with Crippen molar-refractivity contribution in [2.45, 2.75) is 4.90 Å². The quantitative estimate of drug-likeness (QED) is 0.578. The van der Waals surface area contributed by atoms with E-state index in [2.05, 4.69) is 4.72 Å². The van der Waals surface area contributed by atoms with Crippen LogP contribution in [0.5, 0.6) is 5.75 Å². The van der Waals surface area contributed by atoms with Crippen LogP contribution in [0.25, 0.3) is 0 Å². The van der Waals surface area contributed by atoms with Gasteiger partial charge in [-0.25, -0.2) is 8.42 Å². The number of amidine groups is 1. The first-order chi connectivity index (χ1) is 9.92. The Morgan fingerprint density at radius 2 is 1.86 bits per heavy atom. The highest BCUT2D eigenvalue weighted by atomic mass is 32.2. The monoisotopic (exact) mass is 305 g/mol. The molecule has 0 spiro atoms. The Labute approximate surface area is 123 Å². The Kier molecular flexibility index (Phi) is 4.13. The lowest BCUT2D eigenvalue weighted by Crippen LogP contribution is -2.15. The molecule has 0 aliphatic carbocycles. The molecule has 0 fully saturated rings. The molecule has 0 unspecified atom stereocenters. The normalized spacial score (nSPS) is 10.9. The highest BCUT2D eigenvalue weighted by Crippen LogP contribution is 2.19. The molecule has 21 heavy (non-hydrogen) atoms. The first-order valence-corrected chi connectivity index (χ1v) is 7.52. The van der Waals surface area contributed by atoms with Gasteiger partial charge in [-0.1, -0.05) is 12.1 Å². The first-order valence-electron chi connectivity index (χ1n) is 6.04. The predicted octanol–water partition coefficient (Wildman–Crippen LogP) is 1.78. The molecule has 0 bridgehead atoms. The number of hydrogen-bond donors (Lipinski definition) is 3. The zero-order valence-corrected chi connectivity index (χ0v) is 12.1. The molecule has 110 valence electrons. The van der Waals surface area contributed by atoms with E-state index in [0.717, 1.165) is 0 Å². The number of nitrogens with two attached hydrogens (primary N) is 1. The van der Waals surface area contributed by atoms with Gasteiger partial charge >= 0.3 is 0 Å². The molecule has 6 nitrogen and oxygen atoms in total. The number of hydrogen-bond acceptors (Lipinski definition) is 4. The van der Waals surface area contributed by atoms with Crippen LogP contribution < -0.4 is 15.2 Å². The van der Waals surface area contributed by atoms with Gasteiger partial charge in [0.25, 0.3) is 10.0 Å². The number of sulfonamides is 1. The molecule has 0 aliphatic rings. The number of methoxy groups -OCH3 is 1. The lowest BCUT2D eigenvalue weighted by atomic mass is 10.2. The standard InChI is InChI=1S/C14H15N3O3S/c1-20-12-5-7-13(8-6-12)21(18,19)17-11-4-2-3-10(9-11)14(15)16/h2-9,17H,1H3,(H3,15,16). The summed E-state index contributed by atoms with van der Waals surface area (Å²) in [6.07, 6.45) is 0. The molecule has 0 atom stereocenters. The molecule has 2 aromatic rings. The van der Waals surface area contributed by atoms with Gasteiger partial charge in [0.15, 0.2) is 0 Å². The summed E-state index contributed by atoms with van der Waals surface area (Å²) in [7, 11) is -2.19. The number of ether oxygens (including phenoxy) is 1. The summed E-state index contributed by atoms with van der Waals surface area (Å²) in [6, 6.07) is 12.4. The number of nitrogens with one attached hydrogen (secondary N) is 2. The Hall–Kier alpha value is -2.54. The molecule has 0 aromatic heterocycles. The topological polar surface area (TPSA) is 105 Å². The minimum Gasteiger partial charge on any atom is -0.497 e. The molecule has 0 aliphatic heterocycles. The van der Waals surface area contributed by atoms with Crippen LogP contribution in [0.3, 0.4) is 0 Å². The molecule has 0 heterocycles. The van der Waals surface area contributed by atoms with Crippen molar-refractivity contribution in [1.82, 2.24) is 0 Å². The number of nitrogen functional groups attached to an aromatic ring is 1. The largest absolute Gasteiger partial charge is 0.497 e. The van der Waals surface area contributed by atoms with E-state index in [9.17, 15) is 8.42 Å². The summed E-state index contributed by atoms with van der Waals surface area (Å²) in [5.74, 6) is 0.452. The van der Waals surface area contributed by atoms with Crippen LogP contribution >= 0.6 is 0 Å². The van der Waals surface area contributed by atoms with E-state index in [1.807, 2.05) is 0 Å². The van der Waals surface area contributed by atoms with Crippen molar-refractivity contribution in [2.75, 3.05) is 11.8 Å². The second-order valence-corrected chi connectivity index (χ2v) is 5.96. The van der Waals surface area contributed by atoms with Crippen LogP contribution in [0.2, 0.25) is 0 Å². The van der Waals surface area contributed by atoms with Gasteiger partial charge in [-0.3, -0.25) is 10.1 Å². The average Bonchev–Trinajstić information content (AvgIpc) is 2.47.